The molecule has 41 heavy (non-hydrogen) atoms. The largest absolute Gasteiger partial charge is 0.455 e. The van der Waals surface area contributed by atoms with Crippen LogP contribution in [0.5, 0.6) is 0 Å². The summed E-state index contributed by atoms with van der Waals surface area (Å²) in [7, 11) is 0. The molecule has 2 aromatic carbocycles. The van der Waals surface area contributed by atoms with Crippen LogP contribution in [-0.4, -0.2) is 51.0 Å². The molecule has 7 atom stereocenters. The Morgan fingerprint density at radius 3 is 2.54 bits per heavy atom. The quantitative estimate of drug-likeness (QED) is 0.426. The Bertz CT molecular complexity index is 1670. The molecule has 1 saturated heterocycles. The van der Waals surface area contributed by atoms with Gasteiger partial charge < -0.3 is 24.3 Å². The molecule has 2 unspecified atom stereocenters. The van der Waals surface area contributed by atoms with Gasteiger partial charge in [0.1, 0.15) is 17.3 Å². The number of esters is 1. The number of aromatic nitrogens is 1. The molecule has 2 N–H and O–H groups in total. The number of aliphatic hydroxyl groups is 1. The molecule has 2 saturated carbocycles. The van der Waals surface area contributed by atoms with Gasteiger partial charge in [-0.3, -0.25) is 4.79 Å². The Balaban J connectivity index is 1.33. The number of ether oxygens (including phenoxy) is 3. The second kappa shape index (κ2) is 7.77. The van der Waals surface area contributed by atoms with Crippen molar-refractivity contribution >= 4 is 22.7 Å². The van der Waals surface area contributed by atoms with Gasteiger partial charge in [-0.25, -0.2) is 4.79 Å². The number of nitrogens with one attached hydrogen (secondary N) is 1. The van der Waals surface area contributed by atoms with Crippen molar-refractivity contribution in [2.45, 2.75) is 88.0 Å². The number of H-pyrrole nitrogens is 1. The molecule has 1 aromatic heterocycles. The van der Waals surface area contributed by atoms with Crippen LogP contribution >= 0.6 is 0 Å². The van der Waals surface area contributed by atoms with Gasteiger partial charge in [-0.2, -0.15) is 0 Å². The van der Waals surface area contributed by atoms with Crippen molar-refractivity contribution in [1.82, 2.24) is 4.98 Å². The van der Waals surface area contributed by atoms with Crippen LogP contribution in [0.3, 0.4) is 0 Å². The number of rotatable bonds is 2. The first-order valence-corrected chi connectivity index (χ1v) is 14.7. The fourth-order valence-electron chi connectivity index (χ4n) is 9.30. The summed E-state index contributed by atoms with van der Waals surface area (Å²) >= 11 is 0. The Morgan fingerprint density at radius 1 is 1.02 bits per heavy atom. The van der Waals surface area contributed by atoms with Crippen LogP contribution in [0.1, 0.15) is 68.6 Å². The molecule has 3 heterocycles. The minimum Gasteiger partial charge on any atom is -0.455 e. The zero-order valence-corrected chi connectivity index (χ0v) is 23.8. The number of benzene rings is 2. The minimum atomic E-state index is -1.72. The van der Waals surface area contributed by atoms with Crippen LogP contribution in [0.25, 0.3) is 10.9 Å². The molecule has 7 heteroatoms. The topological polar surface area (TPSA) is 97.9 Å². The van der Waals surface area contributed by atoms with E-state index in [9.17, 15) is 14.7 Å². The normalized spacial score (nSPS) is 39.9. The van der Waals surface area contributed by atoms with Gasteiger partial charge in [0.2, 0.25) is 0 Å². The van der Waals surface area contributed by atoms with Crippen molar-refractivity contribution in [3.05, 3.63) is 83.1 Å². The SMILES string of the molecule is CC1(C)O[C@@]23CCC4(C)[C@@]5(C)c6[nH]c7ccccc7c6C[C@@H]5C[C@H](OC(=O)c5ccccc5)[C@@]4(O)C2=CC(=O)C1O3. The summed E-state index contributed by atoms with van der Waals surface area (Å²) < 4.78 is 19.3. The van der Waals surface area contributed by atoms with Crippen molar-refractivity contribution in [3.63, 3.8) is 0 Å². The van der Waals surface area contributed by atoms with Gasteiger partial charge in [-0.15, -0.1) is 0 Å². The van der Waals surface area contributed by atoms with E-state index in [0.29, 0.717) is 30.4 Å². The first kappa shape index (κ1) is 25.5. The lowest BCUT2D eigenvalue weighted by molar-refractivity contribution is -0.273. The summed E-state index contributed by atoms with van der Waals surface area (Å²) in [5, 5.41) is 14.5. The van der Waals surface area contributed by atoms with Crippen molar-refractivity contribution in [2.24, 2.45) is 11.3 Å². The zero-order chi connectivity index (χ0) is 28.6. The molecule has 2 aliphatic heterocycles. The molecule has 3 aromatic rings. The Morgan fingerprint density at radius 2 is 1.76 bits per heavy atom. The molecule has 3 fully saturated rings. The average molecular weight is 554 g/mol. The van der Waals surface area contributed by atoms with Crippen LogP contribution < -0.4 is 0 Å². The Hall–Kier alpha value is -3.26. The standard InChI is InChI=1S/C34H35NO6/c1-30(2)28-24(36)18-25-33(40-28,41-30)15-14-31(3)32(4)20(16-22-21-12-8-9-13-23(21)35-27(22)32)17-26(34(25,31)38)39-29(37)19-10-6-5-7-11-19/h5-13,18,20,26,28,35,38H,14-17H2,1-4H3/t20-,26+,28?,31?,32-,33+,34+/m1/s1. The lowest BCUT2D eigenvalue weighted by Gasteiger charge is -2.67. The molecule has 2 bridgehead atoms. The van der Waals surface area contributed by atoms with E-state index in [2.05, 4.69) is 37.0 Å². The van der Waals surface area contributed by atoms with Gasteiger partial charge in [0.05, 0.1) is 5.56 Å². The van der Waals surface area contributed by atoms with Gasteiger partial charge in [0, 0.05) is 39.4 Å². The van der Waals surface area contributed by atoms with Crippen LogP contribution in [0.15, 0.2) is 66.2 Å². The van der Waals surface area contributed by atoms with Gasteiger partial charge in [0.25, 0.3) is 0 Å². The van der Waals surface area contributed by atoms with E-state index in [1.165, 1.54) is 10.9 Å². The van der Waals surface area contributed by atoms with E-state index in [1.807, 2.05) is 26.0 Å². The number of carbonyl (C=O) groups excluding carboxylic acids is 2. The number of ketones is 1. The van der Waals surface area contributed by atoms with Crippen molar-refractivity contribution < 1.29 is 28.9 Å². The predicted octanol–water partition coefficient (Wildman–Crippen LogP) is 5.16. The number of para-hydroxylation sites is 1. The van der Waals surface area contributed by atoms with E-state index >= 15 is 0 Å². The maximum Gasteiger partial charge on any atom is 0.338 e. The smallest absolute Gasteiger partial charge is 0.338 e. The molecule has 1 spiro atoms. The van der Waals surface area contributed by atoms with E-state index in [1.54, 1.807) is 30.3 Å². The third-order valence-electron chi connectivity index (χ3n) is 11.5. The van der Waals surface area contributed by atoms with Crippen LogP contribution in [0.2, 0.25) is 0 Å². The number of hydrogen-bond donors (Lipinski definition) is 2. The highest BCUT2D eigenvalue weighted by Crippen LogP contribution is 2.72. The second-order valence-corrected chi connectivity index (χ2v) is 13.6. The summed E-state index contributed by atoms with van der Waals surface area (Å²) in [6, 6.07) is 17.2. The molecule has 3 aliphatic carbocycles. The van der Waals surface area contributed by atoms with Crippen LogP contribution in [0.4, 0.5) is 0 Å². The molecule has 7 nitrogen and oxygen atoms in total. The highest BCUT2D eigenvalue weighted by Gasteiger charge is 2.78. The highest BCUT2D eigenvalue weighted by atomic mass is 16.8. The Kier molecular flexibility index (Phi) is 4.82. The fraction of sp³-hybridized carbons (Fsp3) is 0.471. The molecule has 8 rings (SSSR count). The van der Waals surface area contributed by atoms with Crippen molar-refractivity contribution in [1.29, 1.82) is 0 Å². The summed E-state index contributed by atoms with van der Waals surface area (Å²) in [4.78, 5) is 30.8. The maximum absolute atomic E-state index is 13.5. The van der Waals surface area contributed by atoms with E-state index < -0.39 is 46.0 Å². The van der Waals surface area contributed by atoms with E-state index in [-0.39, 0.29) is 11.7 Å². The van der Waals surface area contributed by atoms with Crippen molar-refractivity contribution in [2.75, 3.05) is 0 Å². The van der Waals surface area contributed by atoms with Gasteiger partial charge in [0.15, 0.2) is 17.7 Å². The van der Waals surface area contributed by atoms with E-state index in [4.69, 9.17) is 14.2 Å². The second-order valence-electron chi connectivity index (χ2n) is 13.6. The van der Waals surface area contributed by atoms with Gasteiger partial charge >= 0.3 is 5.97 Å². The lowest BCUT2D eigenvalue weighted by Crippen LogP contribution is -2.75. The summed E-state index contributed by atoms with van der Waals surface area (Å²) in [5.74, 6) is -1.87. The van der Waals surface area contributed by atoms with Crippen molar-refractivity contribution in [3.8, 4) is 0 Å². The third-order valence-corrected chi connectivity index (χ3v) is 11.5. The van der Waals surface area contributed by atoms with Crippen LogP contribution in [-0.2, 0) is 30.8 Å². The van der Waals surface area contributed by atoms with Crippen LogP contribution in [0, 0.1) is 11.3 Å². The number of hydrogen-bond acceptors (Lipinski definition) is 6. The number of aromatic amines is 1. The number of carbonyl (C=O) groups is 2. The summed E-state index contributed by atoms with van der Waals surface area (Å²) in [6.07, 6.45) is 2.19. The monoisotopic (exact) mass is 553 g/mol. The van der Waals surface area contributed by atoms with E-state index in [0.717, 1.165) is 17.6 Å². The molecular weight excluding hydrogens is 518 g/mol. The first-order chi connectivity index (χ1) is 19.4. The summed E-state index contributed by atoms with van der Waals surface area (Å²) in [6.45, 7) is 8.06. The molecule has 0 radical (unpaired) electrons. The molecule has 5 aliphatic rings. The summed E-state index contributed by atoms with van der Waals surface area (Å²) in [5.41, 5.74) is 0.382. The third kappa shape index (κ3) is 2.90. The highest BCUT2D eigenvalue weighted by molar-refractivity contribution is 5.97. The average Bonchev–Trinajstić information content (AvgIpc) is 3.54. The van der Waals surface area contributed by atoms with Gasteiger partial charge in [-0.05, 0) is 68.9 Å². The predicted molar refractivity (Wildman–Crippen MR) is 151 cm³/mol. The molecule has 212 valence electrons. The first-order valence-electron chi connectivity index (χ1n) is 14.7. The fourth-order valence-corrected chi connectivity index (χ4v) is 9.30. The lowest BCUT2D eigenvalue weighted by atomic mass is 9.41. The number of fused-ring (bicyclic) bond motifs is 9. The zero-order valence-electron chi connectivity index (χ0n) is 23.8. The van der Waals surface area contributed by atoms with Gasteiger partial charge in [-0.1, -0.05) is 50.2 Å². The Labute approximate surface area is 238 Å². The maximum atomic E-state index is 13.5. The molecule has 0 amide bonds. The molecular formula is C34H35NO6. The minimum absolute atomic E-state index is 0.107.